The molecule has 0 spiro atoms. The number of benzene rings is 1. The van der Waals surface area contributed by atoms with Gasteiger partial charge in [0.25, 0.3) is 0 Å². The van der Waals surface area contributed by atoms with Gasteiger partial charge in [-0.15, -0.1) is 0 Å². The van der Waals surface area contributed by atoms with Crippen LogP contribution in [-0.4, -0.2) is 31.7 Å². The lowest BCUT2D eigenvalue weighted by molar-refractivity contribution is 0.415. The molecule has 3 aromatic heterocycles. The summed E-state index contributed by atoms with van der Waals surface area (Å²) in [5.41, 5.74) is 4.66. The molecule has 25 heavy (non-hydrogen) atoms. The van der Waals surface area contributed by atoms with Crippen LogP contribution in [0.3, 0.4) is 0 Å². The van der Waals surface area contributed by atoms with E-state index in [0.29, 0.717) is 0 Å². The van der Waals surface area contributed by atoms with Crippen LogP contribution in [0.5, 0.6) is 5.75 Å². The average molecular weight is 333 g/mol. The lowest BCUT2D eigenvalue weighted by atomic mass is 10.1. The van der Waals surface area contributed by atoms with Crippen LogP contribution in [0.4, 0.5) is 0 Å². The maximum Gasteiger partial charge on any atom is 0.177 e. The molecule has 0 aliphatic carbocycles. The number of ether oxygens (including phenoxy) is 1. The molecule has 0 saturated heterocycles. The first-order valence-corrected chi connectivity index (χ1v) is 8.25. The van der Waals surface area contributed by atoms with E-state index >= 15 is 0 Å². The average Bonchev–Trinajstić information content (AvgIpc) is 3.08. The standard InChI is InChI=1S/C19H19N5O/c1-12-11-20-13(2)19-22-18(23-24(12)19)9-7-15-6-4-14-5-8-16(25-3)10-17(14)21-15/h4-6,8,10-11H,7,9H2,1-3H3. The van der Waals surface area contributed by atoms with Gasteiger partial charge in [-0.2, -0.15) is 5.10 Å². The van der Waals surface area contributed by atoms with Gasteiger partial charge in [0.2, 0.25) is 0 Å². The van der Waals surface area contributed by atoms with Gasteiger partial charge in [0.15, 0.2) is 11.5 Å². The zero-order valence-corrected chi connectivity index (χ0v) is 14.5. The molecule has 0 N–H and O–H groups in total. The highest BCUT2D eigenvalue weighted by Gasteiger charge is 2.09. The lowest BCUT2D eigenvalue weighted by Gasteiger charge is -2.04. The number of nitrogens with zero attached hydrogens (tertiary/aromatic N) is 5. The first-order chi connectivity index (χ1) is 12.1. The Morgan fingerprint density at radius 2 is 1.88 bits per heavy atom. The van der Waals surface area contributed by atoms with Crippen molar-refractivity contribution in [2.75, 3.05) is 7.11 Å². The topological polar surface area (TPSA) is 65.2 Å². The summed E-state index contributed by atoms with van der Waals surface area (Å²) in [5.74, 6) is 1.63. The molecule has 0 fully saturated rings. The Kier molecular flexibility index (Phi) is 3.80. The number of fused-ring (bicyclic) bond motifs is 2. The van der Waals surface area contributed by atoms with Crippen molar-refractivity contribution >= 4 is 16.6 Å². The second-order valence-corrected chi connectivity index (χ2v) is 6.11. The zero-order valence-electron chi connectivity index (χ0n) is 14.5. The number of pyridine rings is 1. The van der Waals surface area contributed by atoms with Crippen molar-refractivity contribution in [1.29, 1.82) is 0 Å². The Hall–Kier alpha value is -3.02. The number of methoxy groups -OCH3 is 1. The molecule has 3 heterocycles. The fourth-order valence-electron chi connectivity index (χ4n) is 2.89. The minimum Gasteiger partial charge on any atom is -0.497 e. The predicted molar refractivity (Wildman–Crippen MR) is 96.0 cm³/mol. The second kappa shape index (κ2) is 6.12. The van der Waals surface area contributed by atoms with Crippen LogP contribution in [0.2, 0.25) is 0 Å². The maximum absolute atomic E-state index is 5.28. The Bertz CT molecular complexity index is 1030. The van der Waals surface area contributed by atoms with Gasteiger partial charge in [-0.3, -0.25) is 9.97 Å². The van der Waals surface area contributed by atoms with Gasteiger partial charge < -0.3 is 4.74 Å². The Balaban J connectivity index is 1.59. The predicted octanol–water partition coefficient (Wildman–Crippen LogP) is 3.08. The number of hydrogen-bond donors (Lipinski definition) is 0. The van der Waals surface area contributed by atoms with E-state index < -0.39 is 0 Å². The van der Waals surface area contributed by atoms with Crippen LogP contribution in [0.1, 0.15) is 22.9 Å². The van der Waals surface area contributed by atoms with Crippen molar-refractivity contribution < 1.29 is 4.74 Å². The molecule has 6 heteroatoms. The van der Waals surface area contributed by atoms with E-state index in [0.717, 1.165) is 58.0 Å². The maximum atomic E-state index is 5.28. The molecule has 1 aromatic carbocycles. The van der Waals surface area contributed by atoms with Gasteiger partial charge in [0.1, 0.15) is 5.75 Å². The molecule has 0 unspecified atom stereocenters. The van der Waals surface area contributed by atoms with Gasteiger partial charge in [-0.1, -0.05) is 6.07 Å². The van der Waals surface area contributed by atoms with E-state index in [1.165, 1.54) is 0 Å². The van der Waals surface area contributed by atoms with Crippen LogP contribution in [0.15, 0.2) is 36.5 Å². The lowest BCUT2D eigenvalue weighted by Crippen LogP contribution is -1.99. The summed E-state index contributed by atoms with van der Waals surface area (Å²) < 4.78 is 7.14. The molecule has 6 nitrogen and oxygen atoms in total. The van der Waals surface area contributed by atoms with Gasteiger partial charge in [-0.05, 0) is 38.5 Å². The van der Waals surface area contributed by atoms with Crippen molar-refractivity contribution in [2.45, 2.75) is 26.7 Å². The minimum atomic E-state index is 0.739. The molecule has 126 valence electrons. The third kappa shape index (κ3) is 2.91. The van der Waals surface area contributed by atoms with Gasteiger partial charge in [0, 0.05) is 29.8 Å². The van der Waals surface area contributed by atoms with E-state index in [2.05, 4.69) is 27.2 Å². The third-order valence-electron chi connectivity index (χ3n) is 4.32. The van der Waals surface area contributed by atoms with Crippen molar-refractivity contribution in [2.24, 2.45) is 0 Å². The molecule has 0 aliphatic rings. The zero-order chi connectivity index (χ0) is 17.4. The summed E-state index contributed by atoms with van der Waals surface area (Å²) in [6, 6.07) is 10.1. The molecule has 0 radical (unpaired) electrons. The van der Waals surface area contributed by atoms with Gasteiger partial charge >= 0.3 is 0 Å². The summed E-state index contributed by atoms with van der Waals surface area (Å²) in [6.07, 6.45) is 3.34. The van der Waals surface area contributed by atoms with Crippen LogP contribution in [0, 0.1) is 13.8 Å². The van der Waals surface area contributed by atoms with E-state index in [1.807, 2.05) is 42.8 Å². The van der Waals surface area contributed by atoms with Gasteiger partial charge in [-0.25, -0.2) is 9.50 Å². The highest BCUT2D eigenvalue weighted by atomic mass is 16.5. The quantitative estimate of drug-likeness (QED) is 0.574. The van der Waals surface area contributed by atoms with E-state index in [9.17, 15) is 0 Å². The number of hydrogen-bond acceptors (Lipinski definition) is 5. The molecule has 0 bridgehead atoms. The molecule has 0 atom stereocenters. The van der Waals surface area contributed by atoms with E-state index in [-0.39, 0.29) is 0 Å². The van der Waals surface area contributed by atoms with Crippen molar-refractivity contribution in [1.82, 2.24) is 24.6 Å². The highest BCUT2D eigenvalue weighted by molar-refractivity contribution is 5.80. The number of rotatable bonds is 4. The summed E-state index contributed by atoms with van der Waals surface area (Å²) in [6.45, 7) is 3.93. The van der Waals surface area contributed by atoms with Crippen LogP contribution in [0.25, 0.3) is 16.6 Å². The summed E-state index contributed by atoms with van der Waals surface area (Å²) in [4.78, 5) is 13.7. The van der Waals surface area contributed by atoms with Crippen LogP contribution >= 0.6 is 0 Å². The monoisotopic (exact) mass is 333 g/mol. The fourth-order valence-corrected chi connectivity index (χ4v) is 2.89. The SMILES string of the molecule is COc1ccc2ccc(CCc3nc4c(C)ncc(C)n4n3)nc2c1. The highest BCUT2D eigenvalue weighted by Crippen LogP contribution is 2.20. The number of aromatic nitrogens is 5. The smallest absolute Gasteiger partial charge is 0.177 e. The summed E-state index contributed by atoms with van der Waals surface area (Å²) in [5, 5.41) is 5.70. The Labute approximate surface area is 145 Å². The normalized spacial score (nSPS) is 11.3. The van der Waals surface area contributed by atoms with Crippen LogP contribution < -0.4 is 4.74 Å². The molecular weight excluding hydrogens is 314 g/mol. The summed E-state index contributed by atoms with van der Waals surface area (Å²) >= 11 is 0. The summed E-state index contributed by atoms with van der Waals surface area (Å²) in [7, 11) is 1.67. The molecule has 0 amide bonds. The Morgan fingerprint density at radius 3 is 2.68 bits per heavy atom. The second-order valence-electron chi connectivity index (χ2n) is 6.11. The molecule has 0 saturated carbocycles. The van der Waals surface area contributed by atoms with Crippen molar-refractivity contribution in [3.63, 3.8) is 0 Å². The van der Waals surface area contributed by atoms with Crippen LogP contribution in [-0.2, 0) is 12.8 Å². The van der Waals surface area contributed by atoms with Crippen molar-refractivity contribution in [3.8, 4) is 5.75 Å². The first kappa shape index (κ1) is 15.5. The Morgan fingerprint density at radius 1 is 1.04 bits per heavy atom. The van der Waals surface area contributed by atoms with E-state index in [4.69, 9.17) is 9.72 Å². The largest absolute Gasteiger partial charge is 0.497 e. The third-order valence-corrected chi connectivity index (χ3v) is 4.32. The molecule has 4 rings (SSSR count). The van der Waals surface area contributed by atoms with E-state index in [1.54, 1.807) is 7.11 Å². The first-order valence-electron chi connectivity index (χ1n) is 8.25. The number of aryl methyl sites for hydroxylation is 4. The molecule has 4 aromatic rings. The van der Waals surface area contributed by atoms with Gasteiger partial charge in [0.05, 0.1) is 24.0 Å². The molecule has 0 aliphatic heterocycles. The fraction of sp³-hybridized carbons (Fsp3) is 0.263. The molecular formula is C19H19N5O. The minimum absolute atomic E-state index is 0.739. The van der Waals surface area contributed by atoms with Crippen molar-refractivity contribution in [3.05, 3.63) is 59.4 Å².